The van der Waals surface area contributed by atoms with Crippen LogP contribution in [0.1, 0.15) is 37.0 Å². The Morgan fingerprint density at radius 3 is 2.60 bits per heavy atom. The number of aliphatic hydroxyl groups excluding tert-OH is 1. The van der Waals surface area contributed by atoms with Crippen LogP contribution in [0.2, 0.25) is 0 Å². The number of carboxylic acid groups (broad SMARTS) is 1. The second-order valence-corrected chi connectivity index (χ2v) is 4.74. The zero-order valence-corrected chi connectivity index (χ0v) is 10.7. The Morgan fingerprint density at radius 2 is 2.10 bits per heavy atom. The molecule has 1 heterocycles. The van der Waals surface area contributed by atoms with Gasteiger partial charge in [0.2, 0.25) is 0 Å². The largest absolute Gasteiger partial charge is 0.465 e. The fourth-order valence-corrected chi connectivity index (χ4v) is 2.51. The number of halogens is 3. The molecular weight excluding hydrogens is 275 g/mol. The topological polar surface area (TPSA) is 60.8 Å². The molecule has 7 heteroatoms. The zero-order valence-electron chi connectivity index (χ0n) is 10.7. The Morgan fingerprint density at radius 1 is 1.45 bits per heavy atom. The molecule has 0 fully saturated rings. The lowest BCUT2D eigenvalue weighted by Crippen LogP contribution is -2.43. The smallest absolute Gasteiger partial charge is 0.416 e. The van der Waals surface area contributed by atoms with Crippen LogP contribution in [-0.4, -0.2) is 22.3 Å². The molecule has 0 aromatic heterocycles. The molecule has 20 heavy (non-hydrogen) atoms. The monoisotopic (exact) mass is 289 g/mol. The number of alkyl halides is 3. The van der Waals surface area contributed by atoms with Gasteiger partial charge in [-0.05, 0) is 31.0 Å². The van der Waals surface area contributed by atoms with E-state index in [2.05, 4.69) is 0 Å². The maximum absolute atomic E-state index is 12.7. The number of nitrogens with zero attached hydrogens (tertiary/aromatic N) is 1. The first-order chi connectivity index (χ1) is 9.25. The number of hydrogen-bond donors (Lipinski definition) is 2. The van der Waals surface area contributed by atoms with Crippen LogP contribution in [0.3, 0.4) is 0 Å². The summed E-state index contributed by atoms with van der Waals surface area (Å²) >= 11 is 0. The SMILES string of the molecule is CCC1CC(O)c2cc(C(F)(F)F)ccc2N1C(=O)O. The van der Waals surface area contributed by atoms with Crippen LogP contribution >= 0.6 is 0 Å². The predicted molar refractivity (Wildman–Crippen MR) is 65.6 cm³/mol. The van der Waals surface area contributed by atoms with Crippen molar-refractivity contribution >= 4 is 11.8 Å². The van der Waals surface area contributed by atoms with E-state index in [1.165, 1.54) is 0 Å². The molecule has 2 unspecified atom stereocenters. The van der Waals surface area contributed by atoms with Gasteiger partial charge >= 0.3 is 12.3 Å². The fourth-order valence-electron chi connectivity index (χ4n) is 2.51. The lowest BCUT2D eigenvalue weighted by Gasteiger charge is -2.37. The summed E-state index contributed by atoms with van der Waals surface area (Å²) in [5.41, 5.74) is -0.765. The van der Waals surface area contributed by atoms with E-state index >= 15 is 0 Å². The number of hydrogen-bond acceptors (Lipinski definition) is 2. The van der Waals surface area contributed by atoms with Gasteiger partial charge in [0.1, 0.15) is 0 Å². The molecule has 2 N–H and O–H groups in total. The number of anilines is 1. The number of amides is 1. The lowest BCUT2D eigenvalue weighted by molar-refractivity contribution is -0.137. The summed E-state index contributed by atoms with van der Waals surface area (Å²) in [6, 6.07) is 2.32. The third-order valence-electron chi connectivity index (χ3n) is 3.51. The summed E-state index contributed by atoms with van der Waals surface area (Å²) in [6.07, 6.45) is -6.27. The zero-order chi connectivity index (χ0) is 15.1. The van der Waals surface area contributed by atoms with Crippen molar-refractivity contribution in [2.75, 3.05) is 4.90 Å². The highest BCUT2D eigenvalue weighted by atomic mass is 19.4. The first-order valence-corrected chi connectivity index (χ1v) is 6.17. The summed E-state index contributed by atoms with van der Waals surface area (Å²) < 4.78 is 38.0. The van der Waals surface area contributed by atoms with Gasteiger partial charge in [0.15, 0.2) is 0 Å². The lowest BCUT2D eigenvalue weighted by atomic mass is 9.91. The quantitative estimate of drug-likeness (QED) is 0.833. The van der Waals surface area contributed by atoms with Gasteiger partial charge < -0.3 is 10.2 Å². The minimum atomic E-state index is -4.52. The predicted octanol–water partition coefficient (Wildman–Crippen LogP) is 3.41. The second kappa shape index (κ2) is 4.97. The summed E-state index contributed by atoms with van der Waals surface area (Å²) in [6.45, 7) is 1.77. The van der Waals surface area contributed by atoms with Crippen molar-refractivity contribution in [3.63, 3.8) is 0 Å². The van der Waals surface area contributed by atoms with Gasteiger partial charge in [0.25, 0.3) is 0 Å². The van der Waals surface area contributed by atoms with Gasteiger partial charge in [-0.1, -0.05) is 6.92 Å². The van der Waals surface area contributed by atoms with Gasteiger partial charge in [-0.3, -0.25) is 4.90 Å². The molecule has 110 valence electrons. The van der Waals surface area contributed by atoms with Gasteiger partial charge in [-0.15, -0.1) is 0 Å². The van der Waals surface area contributed by atoms with Crippen LogP contribution in [0.15, 0.2) is 18.2 Å². The van der Waals surface area contributed by atoms with Crippen LogP contribution in [0.25, 0.3) is 0 Å². The van der Waals surface area contributed by atoms with Gasteiger partial charge in [-0.2, -0.15) is 13.2 Å². The fraction of sp³-hybridized carbons (Fsp3) is 0.462. The van der Waals surface area contributed by atoms with Crippen LogP contribution in [0.4, 0.5) is 23.7 Å². The Bertz CT molecular complexity index is 530. The van der Waals surface area contributed by atoms with Crippen molar-refractivity contribution in [2.24, 2.45) is 0 Å². The van der Waals surface area contributed by atoms with Crippen LogP contribution in [0.5, 0.6) is 0 Å². The summed E-state index contributed by atoms with van der Waals surface area (Å²) in [5, 5.41) is 19.2. The Labute approximate surface area is 113 Å². The highest BCUT2D eigenvalue weighted by Gasteiger charge is 2.37. The maximum atomic E-state index is 12.7. The minimum absolute atomic E-state index is 0.00641. The van der Waals surface area contributed by atoms with E-state index in [-0.39, 0.29) is 17.7 Å². The maximum Gasteiger partial charge on any atom is 0.416 e. The normalized spacial score (nSPS) is 22.6. The summed E-state index contributed by atoms with van der Waals surface area (Å²) in [7, 11) is 0. The molecule has 1 aliphatic heterocycles. The van der Waals surface area contributed by atoms with E-state index in [1.54, 1.807) is 6.92 Å². The van der Waals surface area contributed by atoms with Crippen molar-refractivity contribution in [3.8, 4) is 0 Å². The van der Waals surface area contributed by atoms with E-state index in [0.29, 0.717) is 6.42 Å². The van der Waals surface area contributed by atoms with Crippen molar-refractivity contribution < 1.29 is 28.2 Å². The first kappa shape index (κ1) is 14.6. The van der Waals surface area contributed by atoms with Crippen LogP contribution in [0, 0.1) is 0 Å². The number of benzene rings is 1. The molecule has 4 nitrogen and oxygen atoms in total. The van der Waals surface area contributed by atoms with Crippen molar-refractivity contribution in [1.29, 1.82) is 0 Å². The molecule has 1 aliphatic rings. The number of aliphatic hydroxyl groups is 1. The van der Waals surface area contributed by atoms with E-state index < -0.39 is 30.0 Å². The number of carbonyl (C=O) groups is 1. The molecule has 2 rings (SSSR count). The van der Waals surface area contributed by atoms with E-state index in [9.17, 15) is 28.2 Å². The molecule has 1 amide bonds. The average Bonchev–Trinajstić information content (AvgIpc) is 2.36. The van der Waals surface area contributed by atoms with E-state index in [4.69, 9.17) is 0 Å². The number of fused-ring (bicyclic) bond motifs is 1. The molecule has 1 aromatic rings. The molecule has 0 saturated carbocycles. The third kappa shape index (κ3) is 2.45. The first-order valence-electron chi connectivity index (χ1n) is 6.17. The Balaban J connectivity index is 2.54. The molecule has 0 aliphatic carbocycles. The molecule has 0 bridgehead atoms. The third-order valence-corrected chi connectivity index (χ3v) is 3.51. The highest BCUT2D eigenvalue weighted by Crippen LogP contribution is 2.41. The average molecular weight is 289 g/mol. The van der Waals surface area contributed by atoms with Gasteiger partial charge in [0.05, 0.1) is 17.4 Å². The second-order valence-electron chi connectivity index (χ2n) is 4.74. The Hall–Kier alpha value is -1.76. The van der Waals surface area contributed by atoms with E-state index in [0.717, 1.165) is 23.1 Å². The molecule has 0 radical (unpaired) electrons. The molecule has 2 atom stereocenters. The van der Waals surface area contributed by atoms with Gasteiger partial charge in [0, 0.05) is 11.6 Å². The summed E-state index contributed by atoms with van der Waals surface area (Å²) in [4.78, 5) is 12.3. The minimum Gasteiger partial charge on any atom is -0.465 e. The molecule has 1 aromatic carbocycles. The van der Waals surface area contributed by atoms with Gasteiger partial charge in [-0.25, -0.2) is 4.79 Å². The number of rotatable bonds is 1. The highest BCUT2D eigenvalue weighted by molar-refractivity contribution is 5.88. The standard InChI is InChI=1S/C13H14F3NO3/c1-2-8-6-11(18)9-5-7(13(14,15)16)3-4-10(9)17(8)12(19)20/h3-5,8,11,18H,2,6H2,1H3,(H,19,20). The van der Waals surface area contributed by atoms with Crippen molar-refractivity contribution in [3.05, 3.63) is 29.3 Å². The van der Waals surface area contributed by atoms with Crippen LogP contribution < -0.4 is 4.90 Å². The van der Waals surface area contributed by atoms with E-state index in [1.807, 2.05) is 0 Å². The molecule has 0 spiro atoms. The summed E-state index contributed by atoms with van der Waals surface area (Å²) in [5.74, 6) is 0. The van der Waals surface area contributed by atoms with Crippen molar-refractivity contribution in [1.82, 2.24) is 0 Å². The Kier molecular flexibility index (Phi) is 3.64. The molecular formula is C13H14F3NO3. The molecule has 0 saturated heterocycles. The van der Waals surface area contributed by atoms with Crippen molar-refractivity contribution in [2.45, 2.75) is 38.1 Å². The van der Waals surface area contributed by atoms with Crippen LogP contribution in [-0.2, 0) is 6.18 Å².